The summed E-state index contributed by atoms with van der Waals surface area (Å²) in [7, 11) is 0. The second-order valence-corrected chi connectivity index (χ2v) is 4.55. The second-order valence-electron chi connectivity index (χ2n) is 4.55. The number of hydrogen-bond donors (Lipinski definition) is 1. The number of carboxylic acids is 1. The van der Waals surface area contributed by atoms with Gasteiger partial charge in [0.05, 0.1) is 5.56 Å². The zero-order valence-electron chi connectivity index (χ0n) is 10.4. The van der Waals surface area contributed by atoms with Crippen LogP contribution in [0.25, 0.3) is 10.8 Å². The number of aromatic nitrogens is 1. The fourth-order valence-electron chi connectivity index (χ4n) is 2.43. The van der Waals surface area contributed by atoms with E-state index in [-0.39, 0.29) is 5.56 Å². The molecule has 0 saturated heterocycles. The van der Waals surface area contributed by atoms with Crippen molar-refractivity contribution in [2.45, 2.75) is 6.42 Å². The monoisotopic (exact) mass is 254 g/mol. The third-order valence-corrected chi connectivity index (χ3v) is 3.36. The number of anilines is 1. The van der Waals surface area contributed by atoms with Crippen LogP contribution in [0.3, 0.4) is 0 Å². The van der Waals surface area contributed by atoms with Gasteiger partial charge in [-0.2, -0.15) is 0 Å². The molecule has 4 heteroatoms. The fraction of sp³-hybridized carbons (Fsp3) is 0.200. The Hall–Kier alpha value is -2.36. The maximum absolute atomic E-state index is 11.2. The highest BCUT2D eigenvalue weighted by atomic mass is 16.4. The number of carboxylic acid groups (broad SMARTS) is 1. The van der Waals surface area contributed by atoms with E-state index in [1.54, 1.807) is 0 Å². The zero-order valence-corrected chi connectivity index (χ0v) is 10.4. The average Bonchev–Trinajstić information content (AvgIpc) is 2.47. The first-order valence-electron chi connectivity index (χ1n) is 6.28. The van der Waals surface area contributed by atoms with Crippen molar-refractivity contribution in [3.63, 3.8) is 0 Å². The summed E-state index contributed by atoms with van der Waals surface area (Å²) in [5, 5.41) is 10.9. The SMILES string of the molecule is O=C(O)c1cnc(N2CC=CCC2)c2ccccc12. The van der Waals surface area contributed by atoms with Crippen LogP contribution in [-0.2, 0) is 0 Å². The number of fused-ring (bicyclic) bond motifs is 1. The van der Waals surface area contributed by atoms with Crippen LogP contribution in [0.2, 0.25) is 0 Å². The van der Waals surface area contributed by atoms with E-state index in [1.807, 2.05) is 24.3 Å². The summed E-state index contributed by atoms with van der Waals surface area (Å²) < 4.78 is 0. The van der Waals surface area contributed by atoms with Gasteiger partial charge in [-0.05, 0) is 6.42 Å². The number of rotatable bonds is 2. The molecule has 0 aliphatic carbocycles. The average molecular weight is 254 g/mol. The van der Waals surface area contributed by atoms with Crippen molar-refractivity contribution in [3.05, 3.63) is 48.2 Å². The Morgan fingerprint density at radius 1 is 1.21 bits per heavy atom. The summed E-state index contributed by atoms with van der Waals surface area (Å²) in [5.74, 6) is -0.0706. The predicted octanol–water partition coefficient (Wildman–Crippen LogP) is 2.70. The molecule has 4 nitrogen and oxygen atoms in total. The highest BCUT2D eigenvalue weighted by Gasteiger charge is 2.16. The van der Waals surface area contributed by atoms with E-state index in [9.17, 15) is 9.90 Å². The molecule has 0 fully saturated rings. The van der Waals surface area contributed by atoms with Crippen molar-refractivity contribution in [3.8, 4) is 0 Å². The molecule has 1 aliphatic rings. The minimum atomic E-state index is -0.936. The normalized spacial score (nSPS) is 14.8. The standard InChI is InChI=1S/C15H14N2O2/c18-15(19)13-10-16-14(17-8-4-1-5-9-17)12-7-3-2-6-11(12)13/h1-4,6-7,10H,5,8-9H2,(H,18,19). The molecule has 0 atom stereocenters. The molecular formula is C15H14N2O2. The van der Waals surface area contributed by atoms with E-state index >= 15 is 0 Å². The predicted molar refractivity (Wildman–Crippen MR) is 74.7 cm³/mol. The van der Waals surface area contributed by atoms with Crippen molar-refractivity contribution in [2.75, 3.05) is 18.0 Å². The number of pyridine rings is 1. The molecule has 1 N–H and O–H groups in total. The van der Waals surface area contributed by atoms with Crippen LogP contribution in [0.1, 0.15) is 16.8 Å². The van der Waals surface area contributed by atoms with E-state index in [2.05, 4.69) is 22.0 Å². The summed E-state index contributed by atoms with van der Waals surface area (Å²) in [6, 6.07) is 7.54. The number of benzene rings is 1. The van der Waals surface area contributed by atoms with Gasteiger partial charge < -0.3 is 10.0 Å². The summed E-state index contributed by atoms with van der Waals surface area (Å²) in [6.07, 6.45) is 6.73. The van der Waals surface area contributed by atoms with Crippen LogP contribution in [0.4, 0.5) is 5.82 Å². The number of nitrogens with zero attached hydrogens (tertiary/aromatic N) is 2. The highest BCUT2D eigenvalue weighted by Crippen LogP contribution is 2.28. The second kappa shape index (κ2) is 4.72. The molecule has 0 saturated carbocycles. The molecule has 2 aromatic rings. The first-order valence-corrected chi connectivity index (χ1v) is 6.28. The molecule has 0 radical (unpaired) electrons. The molecule has 0 spiro atoms. The lowest BCUT2D eigenvalue weighted by Gasteiger charge is -2.25. The lowest BCUT2D eigenvalue weighted by Crippen LogP contribution is -2.28. The summed E-state index contributed by atoms with van der Waals surface area (Å²) in [4.78, 5) is 17.8. The van der Waals surface area contributed by atoms with Gasteiger partial charge in [0.2, 0.25) is 0 Å². The molecule has 1 aromatic carbocycles. The van der Waals surface area contributed by atoms with Gasteiger partial charge in [0.15, 0.2) is 0 Å². The fourth-order valence-corrected chi connectivity index (χ4v) is 2.43. The van der Waals surface area contributed by atoms with E-state index in [1.165, 1.54) is 6.20 Å². The maximum atomic E-state index is 11.2. The Morgan fingerprint density at radius 3 is 2.68 bits per heavy atom. The highest BCUT2D eigenvalue weighted by molar-refractivity contribution is 6.06. The van der Waals surface area contributed by atoms with Crippen LogP contribution in [-0.4, -0.2) is 29.1 Å². The third-order valence-electron chi connectivity index (χ3n) is 3.36. The third kappa shape index (κ3) is 2.05. The van der Waals surface area contributed by atoms with Gasteiger partial charge in [-0.3, -0.25) is 0 Å². The van der Waals surface area contributed by atoms with Gasteiger partial charge in [0.25, 0.3) is 0 Å². The quantitative estimate of drug-likeness (QED) is 0.837. The number of hydrogen-bond acceptors (Lipinski definition) is 3. The van der Waals surface area contributed by atoms with Crippen molar-refractivity contribution in [2.24, 2.45) is 0 Å². The van der Waals surface area contributed by atoms with E-state index in [0.717, 1.165) is 36.1 Å². The lowest BCUT2D eigenvalue weighted by molar-refractivity contribution is 0.0698. The van der Waals surface area contributed by atoms with Gasteiger partial charge in [0.1, 0.15) is 5.82 Å². The molecule has 1 aromatic heterocycles. The van der Waals surface area contributed by atoms with Crippen molar-refractivity contribution < 1.29 is 9.90 Å². The van der Waals surface area contributed by atoms with Gasteiger partial charge in [-0.25, -0.2) is 9.78 Å². The van der Waals surface area contributed by atoms with Crippen LogP contribution in [0, 0.1) is 0 Å². The first-order chi connectivity index (χ1) is 9.27. The van der Waals surface area contributed by atoms with Crippen molar-refractivity contribution in [1.82, 2.24) is 4.98 Å². The minimum Gasteiger partial charge on any atom is -0.478 e. The van der Waals surface area contributed by atoms with Crippen LogP contribution < -0.4 is 4.90 Å². The minimum absolute atomic E-state index is 0.256. The largest absolute Gasteiger partial charge is 0.478 e. The van der Waals surface area contributed by atoms with Crippen LogP contribution >= 0.6 is 0 Å². The Balaban J connectivity index is 2.19. The molecule has 96 valence electrons. The van der Waals surface area contributed by atoms with E-state index < -0.39 is 5.97 Å². The summed E-state index contributed by atoms with van der Waals surface area (Å²) >= 11 is 0. The summed E-state index contributed by atoms with van der Waals surface area (Å²) in [6.45, 7) is 1.74. The van der Waals surface area contributed by atoms with Crippen LogP contribution in [0.5, 0.6) is 0 Å². The van der Waals surface area contributed by atoms with Gasteiger partial charge in [-0.1, -0.05) is 36.4 Å². The first kappa shape index (κ1) is 11.7. The number of aromatic carboxylic acids is 1. The molecule has 1 aliphatic heterocycles. The smallest absolute Gasteiger partial charge is 0.337 e. The Bertz CT molecular complexity index is 664. The van der Waals surface area contributed by atoms with E-state index in [4.69, 9.17) is 0 Å². The molecular weight excluding hydrogens is 240 g/mol. The lowest BCUT2D eigenvalue weighted by atomic mass is 10.1. The van der Waals surface area contributed by atoms with Gasteiger partial charge >= 0.3 is 5.97 Å². The molecule has 2 heterocycles. The van der Waals surface area contributed by atoms with Crippen molar-refractivity contribution in [1.29, 1.82) is 0 Å². The number of carbonyl (C=O) groups is 1. The molecule has 0 amide bonds. The topological polar surface area (TPSA) is 53.4 Å². The molecule has 0 unspecified atom stereocenters. The summed E-state index contributed by atoms with van der Waals surface area (Å²) in [5.41, 5.74) is 0.256. The van der Waals surface area contributed by atoms with E-state index in [0.29, 0.717) is 0 Å². The zero-order chi connectivity index (χ0) is 13.2. The van der Waals surface area contributed by atoms with Crippen LogP contribution in [0.15, 0.2) is 42.6 Å². The Labute approximate surface area is 111 Å². The Kier molecular flexibility index (Phi) is 2.91. The Morgan fingerprint density at radius 2 is 2.00 bits per heavy atom. The maximum Gasteiger partial charge on any atom is 0.337 e. The van der Waals surface area contributed by atoms with Gasteiger partial charge in [-0.15, -0.1) is 0 Å². The van der Waals surface area contributed by atoms with Crippen molar-refractivity contribution >= 4 is 22.6 Å². The molecule has 0 bridgehead atoms. The molecule has 3 rings (SSSR count). The molecule has 19 heavy (non-hydrogen) atoms. The van der Waals surface area contributed by atoms with Gasteiger partial charge in [0, 0.05) is 30.1 Å².